The van der Waals surface area contributed by atoms with Crippen LogP contribution in [0.2, 0.25) is 0 Å². The molecule has 1 aromatic heterocycles. The van der Waals surface area contributed by atoms with Crippen LogP contribution in [0.15, 0.2) is 67.0 Å². The largest absolute Gasteiger partial charge is 0.462 e. The van der Waals surface area contributed by atoms with Gasteiger partial charge in [-0.05, 0) is 31.2 Å². The molecule has 0 spiro atoms. The number of hydrogen-bond donors (Lipinski definition) is 1. The van der Waals surface area contributed by atoms with E-state index in [1.54, 1.807) is 19.1 Å². The summed E-state index contributed by atoms with van der Waals surface area (Å²) >= 11 is 0. The third kappa shape index (κ3) is 3.97. The number of nitrogens with one attached hydrogen (secondary N) is 1. The van der Waals surface area contributed by atoms with E-state index in [0.717, 1.165) is 11.5 Å². The van der Waals surface area contributed by atoms with Gasteiger partial charge in [-0.25, -0.2) is 14.8 Å². The lowest BCUT2D eigenvalue weighted by atomic mass is 10.2. The van der Waals surface area contributed by atoms with Crippen LogP contribution >= 0.6 is 0 Å². The van der Waals surface area contributed by atoms with Crippen molar-refractivity contribution in [1.29, 1.82) is 0 Å². The van der Waals surface area contributed by atoms with E-state index in [4.69, 9.17) is 4.74 Å². The van der Waals surface area contributed by atoms with Crippen molar-refractivity contribution in [1.82, 2.24) is 9.97 Å². The standard InChI is InChI=1S/C20H20N4O2/c1-3-26-20(25)16-11-7-8-12-17(16)23-18-13-19(22-14-21-18)24(2)15-9-5-4-6-10-15/h4-14H,3H2,1-2H3,(H,21,22,23). The SMILES string of the molecule is CCOC(=O)c1ccccc1Nc1cc(N(C)c2ccccc2)ncn1. The number of nitrogens with zero attached hydrogens (tertiary/aromatic N) is 3. The van der Waals surface area contributed by atoms with Crippen molar-refractivity contribution >= 4 is 29.0 Å². The Morgan fingerprint density at radius 1 is 1.08 bits per heavy atom. The van der Waals surface area contributed by atoms with Crippen LogP contribution in [-0.2, 0) is 4.74 Å². The van der Waals surface area contributed by atoms with Gasteiger partial charge >= 0.3 is 5.97 Å². The van der Waals surface area contributed by atoms with Crippen molar-refractivity contribution in [2.45, 2.75) is 6.92 Å². The number of carbonyl (C=O) groups is 1. The highest BCUT2D eigenvalue weighted by atomic mass is 16.5. The van der Waals surface area contributed by atoms with Gasteiger partial charge in [-0.15, -0.1) is 0 Å². The predicted molar refractivity (Wildman–Crippen MR) is 102 cm³/mol. The molecule has 0 fully saturated rings. The van der Waals surface area contributed by atoms with Gasteiger partial charge in [0.1, 0.15) is 18.0 Å². The van der Waals surface area contributed by atoms with Crippen molar-refractivity contribution in [3.05, 3.63) is 72.6 Å². The van der Waals surface area contributed by atoms with Gasteiger partial charge in [-0.3, -0.25) is 0 Å². The van der Waals surface area contributed by atoms with Gasteiger partial charge in [0, 0.05) is 18.8 Å². The molecule has 2 aromatic carbocycles. The first-order valence-electron chi connectivity index (χ1n) is 8.33. The Bertz CT molecular complexity index is 884. The molecular weight excluding hydrogens is 328 g/mol. The first kappa shape index (κ1) is 17.4. The zero-order valence-electron chi connectivity index (χ0n) is 14.7. The van der Waals surface area contributed by atoms with Crippen molar-refractivity contribution in [2.75, 3.05) is 23.9 Å². The van der Waals surface area contributed by atoms with E-state index >= 15 is 0 Å². The molecule has 1 N–H and O–H groups in total. The van der Waals surface area contributed by atoms with Crippen molar-refractivity contribution < 1.29 is 9.53 Å². The molecule has 1 heterocycles. The third-order valence-corrected chi connectivity index (χ3v) is 3.82. The number of carbonyl (C=O) groups excluding carboxylic acids is 1. The van der Waals surface area contributed by atoms with Crippen LogP contribution in [-0.4, -0.2) is 29.6 Å². The molecule has 0 aliphatic rings. The lowest BCUT2D eigenvalue weighted by Crippen LogP contribution is -2.12. The highest BCUT2D eigenvalue weighted by Gasteiger charge is 2.13. The van der Waals surface area contributed by atoms with Gasteiger partial charge in [0.25, 0.3) is 0 Å². The van der Waals surface area contributed by atoms with Gasteiger partial charge in [0.2, 0.25) is 0 Å². The highest BCUT2D eigenvalue weighted by molar-refractivity contribution is 5.96. The minimum absolute atomic E-state index is 0.326. The van der Waals surface area contributed by atoms with E-state index in [1.165, 1.54) is 6.33 Å². The lowest BCUT2D eigenvalue weighted by Gasteiger charge is -2.19. The molecular formula is C20H20N4O2. The zero-order valence-corrected chi connectivity index (χ0v) is 14.7. The summed E-state index contributed by atoms with van der Waals surface area (Å²) < 4.78 is 5.11. The number of rotatable bonds is 6. The average molecular weight is 348 g/mol. The number of ether oxygens (including phenoxy) is 1. The molecule has 0 aliphatic carbocycles. The minimum atomic E-state index is -0.369. The van der Waals surface area contributed by atoms with Crippen LogP contribution in [0.25, 0.3) is 0 Å². The summed E-state index contributed by atoms with van der Waals surface area (Å²) in [5.74, 6) is 0.961. The van der Waals surface area contributed by atoms with E-state index in [2.05, 4.69) is 15.3 Å². The summed E-state index contributed by atoms with van der Waals surface area (Å²) in [4.78, 5) is 22.7. The van der Waals surface area contributed by atoms with Gasteiger partial charge in [-0.2, -0.15) is 0 Å². The van der Waals surface area contributed by atoms with Crippen LogP contribution < -0.4 is 10.2 Å². The third-order valence-electron chi connectivity index (χ3n) is 3.82. The monoisotopic (exact) mass is 348 g/mol. The highest BCUT2D eigenvalue weighted by Crippen LogP contribution is 2.25. The topological polar surface area (TPSA) is 67.3 Å². The second kappa shape index (κ2) is 8.11. The summed E-state index contributed by atoms with van der Waals surface area (Å²) in [5.41, 5.74) is 2.12. The Labute approximate surface area is 152 Å². The van der Waals surface area contributed by atoms with Crippen molar-refractivity contribution in [3.63, 3.8) is 0 Å². The number of hydrogen-bond acceptors (Lipinski definition) is 6. The molecule has 3 aromatic rings. The number of para-hydroxylation sites is 2. The smallest absolute Gasteiger partial charge is 0.340 e. The minimum Gasteiger partial charge on any atom is -0.462 e. The Morgan fingerprint density at radius 2 is 1.81 bits per heavy atom. The fourth-order valence-corrected chi connectivity index (χ4v) is 2.50. The van der Waals surface area contributed by atoms with E-state index in [0.29, 0.717) is 23.7 Å². The molecule has 6 nitrogen and oxygen atoms in total. The van der Waals surface area contributed by atoms with Crippen LogP contribution in [0, 0.1) is 0 Å². The molecule has 0 atom stereocenters. The summed E-state index contributed by atoms with van der Waals surface area (Å²) in [6.07, 6.45) is 1.49. The van der Waals surface area contributed by atoms with Gasteiger partial charge in [0.05, 0.1) is 17.9 Å². The molecule has 6 heteroatoms. The number of aromatic nitrogens is 2. The maximum absolute atomic E-state index is 12.1. The average Bonchev–Trinajstić information content (AvgIpc) is 2.69. The quantitative estimate of drug-likeness (QED) is 0.675. The Balaban J connectivity index is 1.85. The molecule has 132 valence electrons. The summed E-state index contributed by atoms with van der Waals surface area (Å²) in [6.45, 7) is 2.11. The second-order valence-corrected chi connectivity index (χ2v) is 5.55. The van der Waals surface area contributed by atoms with Crippen LogP contribution in [0.4, 0.5) is 23.0 Å². The summed E-state index contributed by atoms with van der Waals surface area (Å²) in [5, 5.41) is 3.18. The molecule has 0 saturated carbocycles. The van der Waals surface area contributed by atoms with Gasteiger partial charge in [-0.1, -0.05) is 30.3 Å². The van der Waals surface area contributed by atoms with Crippen molar-refractivity contribution in [3.8, 4) is 0 Å². The molecule has 0 unspecified atom stereocenters. The number of esters is 1. The number of benzene rings is 2. The second-order valence-electron chi connectivity index (χ2n) is 5.55. The lowest BCUT2D eigenvalue weighted by molar-refractivity contribution is 0.0527. The van der Waals surface area contributed by atoms with Crippen LogP contribution in [0.5, 0.6) is 0 Å². The summed E-state index contributed by atoms with van der Waals surface area (Å²) in [7, 11) is 1.94. The van der Waals surface area contributed by atoms with Crippen LogP contribution in [0.3, 0.4) is 0 Å². The fourth-order valence-electron chi connectivity index (χ4n) is 2.50. The first-order valence-corrected chi connectivity index (χ1v) is 8.33. The molecule has 0 saturated heterocycles. The predicted octanol–water partition coefficient (Wildman–Crippen LogP) is 4.16. The zero-order chi connectivity index (χ0) is 18.4. The molecule has 0 aliphatic heterocycles. The molecule has 0 bridgehead atoms. The van der Waals surface area contributed by atoms with E-state index in [9.17, 15) is 4.79 Å². The van der Waals surface area contributed by atoms with Gasteiger partial charge < -0.3 is 15.0 Å². The Morgan fingerprint density at radius 3 is 2.58 bits per heavy atom. The Hall–Kier alpha value is -3.41. The van der Waals surface area contributed by atoms with E-state index < -0.39 is 0 Å². The fraction of sp³-hybridized carbons (Fsp3) is 0.150. The molecule has 0 radical (unpaired) electrons. The molecule has 26 heavy (non-hydrogen) atoms. The maximum atomic E-state index is 12.1. The van der Waals surface area contributed by atoms with Crippen molar-refractivity contribution in [2.24, 2.45) is 0 Å². The molecule has 0 amide bonds. The maximum Gasteiger partial charge on any atom is 0.340 e. The molecule has 3 rings (SSSR count). The Kier molecular flexibility index (Phi) is 5.43. The van der Waals surface area contributed by atoms with E-state index in [1.807, 2.05) is 60.5 Å². The van der Waals surface area contributed by atoms with E-state index in [-0.39, 0.29) is 5.97 Å². The first-order chi connectivity index (χ1) is 12.7. The number of anilines is 4. The summed E-state index contributed by atoms with van der Waals surface area (Å²) in [6, 6.07) is 18.9. The van der Waals surface area contributed by atoms with Crippen LogP contribution in [0.1, 0.15) is 17.3 Å². The normalized spacial score (nSPS) is 10.2. The van der Waals surface area contributed by atoms with Gasteiger partial charge in [0.15, 0.2) is 0 Å².